The quantitative estimate of drug-likeness (QED) is 0.0320. The number of anilines is 2. The van der Waals surface area contributed by atoms with Crippen molar-refractivity contribution >= 4 is 44.9 Å². The second-order valence-electron chi connectivity index (χ2n) is 22.6. The van der Waals surface area contributed by atoms with Gasteiger partial charge in [-0.25, -0.2) is 23.1 Å². The first kappa shape index (κ1) is 70.9. The lowest BCUT2D eigenvalue weighted by molar-refractivity contribution is -0.0449. The van der Waals surface area contributed by atoms with Crippen LogP contribution in [-0.4, -0.2) is 137 Å². The van der Waals surface area contributed by atoms with E-state index in [-0.39, 0.29) is 40.2 Å². The molecular weight excluding hydrogens is 1160 g/mol. The van der Waals surface area contributed by atoms with Crippen molar-refractivity contribution in [3.05, 3.63) is 82.4 Å². The number of nitrogens with one attached hydrogen (secondary N) is 5. The zero-order valence-electron chi connectivity index (χ0n) is 47.6. The Bertz CT molecular complexity index is 2860. The van der Waals surface area contributed by atoms with Crippen LogP contribution in [0, 0.1) is 45.3 Å². The Morgan fingerprint density at radius 2 is 1.11 bits per heavy atom. The third kappa shape index (κ3) is 22.1. The smallest absolute Gasteiger partial charge is 0.381 e. The van der Waals surface area contributed by atoms with E-state index in [9.17, 15) is 32.1 Å². The van der Waals surface area contributed by atoms with E-state index in [2.05, 4.69) is 56.4 Å². The second-order valence-corrected chi connectivity index (χ2v) is 25.2. The Hall–Kier alpha value is -4.82. The van der Waals surface area contributed by atoms with Gasteiger partial charge in [0.15, 0.2) is 0 Å². The average molecular weight is 1250 g/mol. The first-order chi connectivity index (χ1) is 39.9. The fourth-order valence-corrected chi connectivity index (χ4v) is 12.1. The van der Waals surface area contributed by atoms with Crippen molar-refractivity contribution in [2.75, 3.05) is 89.7 Å². The third-order valence-corrected chi connectivity index (χ3v) is 17.8. The summed E-state index contributed by atoms with van der Waals surface area (Å²) in [6.45, 7) is 9.10. The van der Waals surface area contributed by atoms with Gasteiger partial charge in [0.25, 0.3) is 0 Å². The summed E-state index contributed by atoms with van der Waals surface area (Å²) in [6, 6.07) is 21.8. The number of hydrogen-bond donors (Lipinski definition) is 6. The highest BCUT2D eigenvalue weighted by Crippen LogP contribution is 2.36. The topological polar surface area (TPSA) is 256 Å². The molecule has 7 N–H and O–H groups in total. The number of nitriles is 2. The SMILES string of the molecule is C.C.CC(COCCN)NC1CCC(Cc2cc(-c3cccc(NCC4(C#N)CCOCC4)n3)c(Cl)cn2)CC1.CC(COCCNS(=O)(=O)C(F)(F)F)NC1CCC(Cc2cc(-c3cccc(NCC4(C#N)CCOCC4)n3)c(Cl)cn2)CC1. The number of nitrogens with zero attached hydrogens (tertiary/aromatic N) is 6. The summed E-state index contributed by atoms with van der Waals surface area (Å²) in [4.78, 5) is 18.8. The van der Waals surface area contributed by atoms with Gasteiger partial charge in [-0.3, -0.25) is 9.97 Å². The number of alkyl halides is 3. The molecule has 0 radical (unpaired) electrons. The van der Waals surface area contributed by atoms with Crippen molar-refractivity contribution in [2.45, 2.75) is 148 Å². The van der Waals surface area contributed by atoms with Crippen molar-refractivity contribution in [3.8, 4) is 34.7 Å². The molecule has 2 aliphatic carbocycles. The van der Waals surface area contributed by atoms with Gasteiger partial charge < -0.3 is 45.9 Å². The van der Waals surface area contributed by atoms with E-state index in [4.69, 9.17) is 57.9 Å². The lowest BCUT2D eigenvalue weighted by atomic mass is 9.82. The van der Waals surface area contributed by atoms with E-state index in [1.54, 1.807) is 12.4 Å². The van der Waals surface area contributed by atoms with Crippen molar-refractivity contribution in [2.24, 2.45) is 28.4 Å². The van der Waals surface area contributed by atoms with Crippen molar-refractivity contribution in [3.63, 3.8) is 0 Å². The first-order valence-corrected chi connectivity index (χ1v) is 31.3. The Kier molecular flexibility index (Phi) is 28.9. The molecule has 2 unspecified atom stereocenters. The van der Waals surface area contributed by atoms with Crippen LogP contribution in [0.3, 0.4) is 0 Å². The fraction of sp³-hybridized carbons (Fsp3) is 0.639. The molecule has 4 fully saturated rings. The molecule has 0 aromatic carbocycles. The number of halogens is 5. The standard InChI is InChI=1S/C30H40ClF3N6O4S.C29H41ClN6O2.2CH4/c1-21(18-44-14-11-38-45(41,42)30(32,33)34)39-23-7-5-22(6-8-23)15-24-16-25(26(31)17-36-24)27-3-2-4-28(40-27)37-20-29(19-35)9-12-43-13-10-29;1-21(18-38-14-11-31)35-23-7-5-22(6-8-23)15-24-16-25(26(30)17-33-24)27-3-2-4-28(36-27)34-20-29(19-32)9-12-37-13-10-29;;/h2-4,16-17,21-23,38-39H,5-15,18,20H2,1H3,(H,37,40);2-4,16-17,21-23,35H,5-15,18,20,31H2,1H3,(H,34,36);2*1H4. The van der Waals surface area contributed by atoms with Gasteiger partial charge in [0.05, 0.1) is 70.8 Å². The molecule has 2 aliphatic heterocycles. The molecule has 470 valence electrons. The maximum Gasteiger partial charge on any atom is 0.511 e. The summed E-state index contributed by atoms with van der Waals surface area (Å²) in [5.41, 5.74) is 4.52. The third-order valence-electron chi connectivity index (χ3n) is 16.0. The van der Waals surface area contributed by atoms with Crippen LogP contribution >= 0.6 is 23.2 Å². The minimum absolute atomic E-state index is 0. The summed E-state index contributed by atoms with van der Waals surface area (Å²) in [7, 11) is -5.35. The molecular formula is C61H89Cl2F3N12O6S. The normalized spacial score (nSPS) is 21.0. The van der Waals surface area contributed by atoms with E-state index in [1.165, 1.54) is 17.6 Å². The molecule has 85 heavy (non-hydrogen) atoms. The van der Waals surface area contributed by atoms with E-state index >= 15 is 0 Å². The van der Waals surface area contributed by atoms with Gasteiger partial charge in [-0.1, -0.05) is 50.2 Å². The van der Waals surface area contributed by atoms with Gasteiger partial charge in [0.1, 0.15) is 11.6 Å². The van der Waals surface area contributed by atoms with Crippen LogP contribution in [-0.2, 0) is 41.8 Å². The summed E-state index contributed by atoms with van der Waals surface area (Å²) >= 11 is 13.1. The summed E-state index contributed by atoms with van der Waals surface area (Å²) < 4.78 is 82.4. The zero-order chi connectivity index (χ0) is 59.3. The Morgan fingerprint density at radius 3 is 1.49 bits per heavy atom. The number of hydrogen-bond acceptors (Lipinski definition) is 17. The van der Waals surface area contributed by atoms with Crippen LogP contribution in [0.5, 0.6) is 0 Å². The molecule has 4 aromatic rings. The van der Waals surface area contributed by atoms with E-state index < -0.39 is 32.9 Å². The number of ether oxygens (including phenoxy) is 4. The van der Waals surface area contributed by atoms with Crippen LogP contribution < -0.4 is 31.7 Å². The molecule has 8 rings (SSSR count). The molecule has 24 heteroatoms. The monoisotopic (exact) mass is 1240 g/mol. The van der Waals surface area contributed by atoms with Crippen molar-refractivity contribution in [1.82, 2.24) is 35.3 Å². The largest absolute Gasteiger partial charge is 0.511 e. The van der Waals surface area contributed by atoms with Crippen LogP contribution in [0.1, 0.15) is 117 Å². The highest BCUT2D eigenvalue weighted by Gasteiger charge is 2.45. The molecule has 4 aliphatic rings. The highest BCUT2D eigenvalue weighted by molar-refractivity contribution is 7.90. The average Bonchev–Trinajstić information content (AvgIpc) is 3.68. The molecule has 4 aromatic heterocycles. The number of nitrogens with two attached hydrogens (primary N) is 1. The molecule has 0 spiro atoms. The molecule has 2 saturated carbocycles. The second kappa shape index (κ2) is 34.7. The van der Waals surface area contributed by atoms with E-state index in [1.807, 2.05) is 49.4 Å². The highest BCUT2D eigenvalue weighted by atomic mass is 35.5. The van der Waals surface area contributed by atoms with Crippen molar-refractivity contribution in [1.29, 1.82) is 10.5 Å². The Morgan fingerprint density at radius 1 is 0.694 bits per heavy atom. The first-order valence-electron chi connectivity index (χ1n) is 29.0. The molecule has 0 amide bonds. The van der Waals surface area contributed by atoms with Crippen LogP contribution in [0.4, 0.5) is 24.8 Å². The van der Waals surface area contributed by atoms with E-state index in [0.717, 1.165) is 104 Å². The predicted octanol–water partition coefficient (Wildman–Crippen LogP) is 10.9. The van der Waals surface area contributed by atoms with Crippen LogP contribution in [0.15, 0.2) is 60.9 Å². The van der Waals surface area contributed by atoms with Gasteiger partial charge in [-0.05, 0) is 152 Å². The summed E-state index contributed by atoms with van der Waals surface area (Å²) in [6.07, 6.45) is 16.6. The maximum atomic E-state index is 12.4. The van der Waals surface area contributed by atoms with Gasteiger partial charge in [-0.2, -0.15) is 23.7 Å². The zero-order valence-corrected chi connectivity index (χ0v) is 50.0. The maximum absolute atomic E-state index is 12.4. The molecule has 0 bridgehead atoms. The van der Waals surface area contributed by atoms with Gasteiger partial charge in [-0.15, -0.1) is 0 Å². The summed E-state index contributed by atoms with van der Waals surface area (Å²) in [5, 5.41) is 34.5. The molecule has 2 saturated heterocycles. The number of aromatic nitrogens is 4. The van der Waals surface area contributed by atoms with Crippen molar-refractivity contribution < 1.29 is 40.5 Å². The Labute approximate surface area is 512 Å². The van der Waals surface area contributed by atoms with E-state index in [0.29, 0.717) is 112 Å². The summed E-state index contributed by atoms with van der Waals surface area (Å²) in [5.74, 6) is 2.49. The van der Waals surface area contributed by atoms with Gasteiger partial charge in [0.2, 0.25) is 0 Å². The number of rotatable bonds is 26. The predicted molar refractivity (Wildman–Crippen MR) is 329 cm³/mol. The minimum atomic E-state index is -5.35. The van der Waals surface area contributed by atoms with Crippen LogP contribution in [0.25, 0.3) is 22.5 Å². The minimum Gasteiger partial charge on any atom is -0.381 e. The number of pyridine rings is 4. The lowest BCUT2D eigenvalue weighted by Gasteiger charge is -2.31. The lowest BCUT2D eigenvalue weighted by Crippen LogP contribution is -2.42. The molecule has 2 atom stereocenters. The molecule has 18 nitrogen and oxygen atoms in total. The van der Waals surface area contributed by atoms with Gasteiger partial charge in [0, 0.05) is 112 Å². The fourth-order valence-electron chi connectivity index (χ4n) is 11.1. The van der Waals surface area contributed by atoms with Gasteiger partial charge >= 0.3 is 15.5 Å². The Balaban J connectivity index is 0.000000307. The van der Waals surface area contributed by atoms with Crippen LogP contribution in [0.2, 0.25) is 10.0 Å². The molecule has 6 heterocycles. The number of sulfonamides is 1.